The number of carbonyl (C=O) groups excluding carboxylic acids is 1. The van der Waals surface area contributed by atoms with Crippen LogP contribution in [0.25, 0.3) is 0 Å². The number of rotatable bonds is 8. The van der Waals surface area contributed by atoms with E-state index in [-0.39, 0.29) is 18.1 Å². The van der Waals surface area contributed by atoms with Crippen LogP contribution in [-0.4, -0.2) is 49.7 Å². The minimum atomic E-state index is -0.0414. The van der Waals surface area contributed by atoms with Crippen molar-refractivity contribution in [2.24, 2.45) is 0 Å². The van der Waals surface area contributed by atoms with Crippen molar-refractivity contribution >= 4 is 5.91 Å². The third-order valence-corrected chi connectivity index (χ3v) is 4.75. The summed E-state index contributed by atoms with van der Waals surface area (Å²) in [6.07, 6.45) is 1.18. The molecule has 1 fully saturated rings. The number of hydrogen-bond acceptors (Lipinski definition) is 4. The van der Waals surface area contributed by atoms with Crippen molar-refractivity contribution in [3.63, 3.8) is 0 Å². The SMILES string of the molecule is CC(C)Oc1ccc(C(=O)NCCCN2CCO[C@H](c3ccccc3)C2)cc1. The monoisotopic (exact) mass is 382 g/mol. The van der Waals surface area contributed by atoms with Crippen LogP contribution in [0.1, 0.15) is 42.3 Å². The van der Waals surface area contributed by atoms with Gasteiger partial charge in [0.05, 0.1) is 18.8 Å². The van der Waals surface area contributed by atoms with Crippen LogP contribution < -0.4 is 10.1 Å². The molecule has 3 rings (SSSR count). The van der Waals surface area contributed by atoms with Gasteiger partial charge < -0.3 is 14.8 Å². The van der Waals surface area contributed by atoms with Crippen molar-refractivity contribution in [3.8, 4) is 5.75 Å². The Bertz CT molecular complexity index is 731. The van der Waals surface area contributed by atoms with Crippen molar-refractivity contribution in [2.75, 3.05) is 32.8 Å². The lowest BCUT2D eigenvalue weighted by molar-refractivity contribution is -0.0301. The molecule has 5 heteroatoms. The first kappa shape index (κ1) is 20.4. The Morgan fingerprint density at radius 1 is 1.18 bits per heavy atom. The first-order valence-corrected chi connectivity index (χ1v) is 10.1. The predicted molar refractivity (Wildman–Crippen MR) is 111 cm³/mol. The Hall–Kier alpha value is -2.37. The summed E-state index contributed by atoms with van der Waals surface area (Å²) in [5.74, 6) is 0.743. The van der Waals surface area contributed by atoms with Crippen LogP contribution >= 0.6 is 0 Å². The lowest BCUT2D eigenvalue weighted by Crippen LogP contribution is -2.39. The molecule has 0 bridgehead atoms. The maximum Gasteiger partial charge on any atom is 0.251 e. The maximum atomic E-state index is 12.3. The van der Waals surface area contributed by atoms with Gasteiger partial charge in [0.25, 0.3) is 5.91 Å². The highest BCUT2D eigenvalue weighted by molar-refractivity contribution is 5.94. The standard InChI is InChI=1S/C23H30N2O3/c1-18(2)28-21-11-9-20(10-12-21)23(26)24-13-6-14-25-15-16-27-22(17-25)19-7-4-3-5-8-19/h3-5,7-12,18,22H,6,13-17H2,1-2H3,(H,24,26)/t22-/m0/s1. The molecule has 0 unspecified atom stereocenters. The second kappa shape index (κ2) is 10.2. The summed E-state index contributed by atoms with van der Waals surface area (Å²) < 4.78 is 11.5. The van der Waals surface area contributed by atoms with Gasteiger partial charge in [-0.3, -0.25) is 9.69 Å². The van der Waals surface area contributed by atoms with E-state index in [2.05, 4.69) is 34.5 Å². The van der Waals surface area contributed by atoms with Gasteiger partial charge in [-0.05, 0) is 50.1 Å². The summed E-state index contributed by atoms with van der Waals surface area (Å²) >= 11 is 0. The number of morpholine rings is 1. The predicted octanol–water partition coefficient (Wildman–Crippen LogP) is 3.67. The fraction of sp³-hybridized carbons (Fsp3) is 0.435. The first-order chi connectivity index (χ1) is 13.6. The third kappa shape index (κ3) is 6.08. The summed E-state index contributed by atoms with van der Waals surface area (Å²) in [5.41, 5.74) is 1.89. The van der Waals surface area contributed by atoms with Gasteiger partial charge in [-0.25, -0.2) is 0 Å². The molecule has 0 aliphatic carbocycles. The molecule has 1 atom stereocenters. The van der Waals surface area contributed by atoms with E-state index in [1.165, 1.54) is 5.56 Å². The fourth-order valence-electron chi connectivity index (χ4n) is 3.34. The Labute approximate surface area is 167 Å². The number of carbonyl (C=O) groups is 1. The highest BCUT2D eigenvalue weighted by Crippen LogP contribution is 2.21. The second-order valence-corrected chi connectivity index (χ2v) is 7.37. The van der Waals surface area contributed by atoms with Crippen molar-refractivity contribution in [3.05, 3.63) is 65.7 Å². The third-order valence-electron chi connectivity index (χ3n) is 4.75. The molecule has 28 heavy (non-hydrogen) atoms. The van der Waals surface area contributed by atoms with Crippen molar-refractivity contribution in [1.82, 2.24) is 10.2 Å². The van der Waals surface area contributed by atoms with E-state index < -0.39 is 0 Å². The quantitative estimate of drug-likeness (QED) is 0.708. The van der Waals surface area contributed by atoms with E-state index >= 15 is 0 Å². The van der Waals surface area contributed by atoms with Crippen LogP contribution in [0.3, 0.4) is 0 Å². The molecule has 5 nitrogen and oxygen atoms in total. The van der Waals surface area contributed by atoms with Gasteiger partial charge in [0, 0.05) is 31.7 Å². The zero-order chi connectivity index (χ0) is 19.8. The summed E-state index contributed by atoms with van der Waals surface area (Å²) in [5, 5.41) is 3.00. The van der Waals surface area contributed by atoms with Crippen LogP contribution in [0.5, 0.6) is 5.75 Å². The number of benzene rings is 2. The van der Waals surface area contributed by atoms with E-state index in [1.807, 2.05) is 32.0 Å². The number of hydrogen-bond donors (Lipinski definition) is 1. The Balaban J connectivity index is 1.38. The lowest BCUT2D eigenvalue weighted by Gasteiger charge is -2.33. The molecule has 2 aromatic carbocycles. The summed E-state index contributed by atoms with van der Waals surface area (Å²) in [6, 6.07) is 17.6. The molecule has 0 radical (unpaired) electrons. The van der Waals surface area contributed by atoms with Gasteiger partial charge in [0.15, 0.2) is 0 Å². The van der Waals surface area contributed by atoms with Gasteiger partial charge >= 0.3 is 0 Å². The Kier molecular flexibility index (Phi) is 7.46. The molecule has 1 aliphatic heterocycles. The molecule has 150 valence electrons. The van der Waals surface area contributed by atoms with Crippen LogP contribution in [-0.2, 0) is 4.74 Å². The summed E-state index contributed by atoms with van der Waals surface area (Å²) in [6.45, 7) is 8.17. The zero-order valence-corrected chi connectivity index (χ0v) is 16.8. The van der Waals surface area contributed by atoms with Gasteiger partial charge in [-0.15, -0.1) is 0 Å². The number of amides is 1. The van der Waals surface area contributed by atoms with E-state index in [0.717, 1.165) is 38.4 Å². The van der Waals surface area contributed by atoms with E-state index in [9.17, 15) is 4.79 Å². The largest absolute Gasteiger partial charge is 0.491 e. The van der Waals surface area contributed by atoms with Crippen LogP contribution in [0.15, 0.2) is 54.6 Å². The molecule has 1 aliphatic rings. The second-order valence-electron chi connectivity index (χ2n) is 7.37. The van der Waals surface area contributed by atoms with Crippen LogP contribution in [0.4, 0.5) is 0 Å². The van der Waals surface area contributed by atoms with Gasteiger partial charge in [0.2, 0.25) is 0 Å². The van der Waals surface area contributed by atoms with E-state index in [1.54, 1.807) is 12.1 Å². The first-order valence-electron chi connectivity index (χ1n) is 10.1. The minimum Gasteiger partial charge on any atom is -0.491 e. The van der Waals surface area contributed by atoms with Gasteiger partial charge in [-0.2, -0.15) is 0 Å². The fourth-order valence-corrected chi connectivity index (χ4v) is 3.34. The molecule has 2 aromatic rings. The van der Waals surface area contributed by atoms with Gasteiger partial charge in [0.1, 0.15) is 5.75 Å². The molecule has 1 saturated heterocycles. The Morgan fingerprint density at radius 3 is 2.64 bits per heavy atom. The smallest absolute Gasteiger partial charge is 0.251 e. The van der Waals surface area contributed by atoms with E-state index in [4.69, 9.17) is 9.47 Å². The van der Waals surface area contributed by atoms with E-state index in [0.29, 0.717) is 12.1 Å². The molecule has 1 amide bonds. The molecule has 0 saturated carbocycles. The molecule has 0 aromatic heterocycles. The van der Waals surface area contributed by atoms with Gasteiger partial charge in [-0.1, -0.05) is 30.3 Å². The molecule has 1 N–H and O–H groups in total. The molecular formula is C23H30N2O3. The highest BCUT2D eigenvalue weighted by atomic mass is 16.5. The van der Waals surface area contributed by atoms with Crippen molar-refractivity contribution < 1.29 is 14.3 Å². The topological polar surface area (TPSA) is 50.8 Å². The maximum absolute atomic E-state index is 12.3. The number of nitrogens with zero attached hydrogens (tertiary/aromatic N) is 1. The molecule has 1 heterocycles. The average Bonchev–Trinajstić information content (AvgIpc) is 2.72. The average molecular weight is 383 g/mol. The minimum absolute atomic E-state index is 0.0414. The van der Waals surface area contributed by atoms with Crippen molar-refractivity contribution in [2.45, 2.75) is 32.5 Å². The molecular weight excluding hydrogens is 352 g/mol. The summed E-state index contributed by atoms with van der Waals surface area (Å²) in [7, 11) is 0. The lowest BCUT2D eigenvalue weighted by atomic mass is 10.1. The number of nitrogens with one attached hydrogen (secondary N) is 1. The van der Waals surface area contributed by atoms with Crippen LogP contribution in [0.2, 0.25) is 0 Å². The summed E-state index contributed by atoms with van der Waals surface area (Å²) in [4.78, 5) is 14.7. The number of ether oxygens (including phenoxy) is 2. The molecule has 0 spiro atoms. The Morgan fingerprint density at radius 2 is 1.93 bits per heavy atom. The van der Waals surface area contributed by atoms with Crippen molar-refractivity contribution in [1.29, 1.82) is 0 Å². The zero-order valence-electron chi connectivity index (χ0n) is 16.8. The van der Waals surface area contributed by atoms with Crippen LogP contribution in [0, 0.1) is 0 Å². The normalized spacial score (nSPS) is 17.5. The highest BCUT2D eigenvalue weighted by Gasteiger charge is 2.21.